The quantitative estimate of drug-likeness (QED) is 0.166. The normalized spacial score (nSPS) is 16.5. The minimum absolute atomic E-state index is 0.0339. The summed E-state index contributed by atoms with van der Waals surface area (Å²) >= 11 is 0. The highest BCUT2D eigenvalue weighted by molar-refractivity contribution is 7.22. The van der Waals surface area contributed by atoms with Crippen molar-refractivity contribution in [3.63, 3.8) is 0 Å². The first-order chi connectivity index (χ1) is 28.7. The summed E-state index contributed by atoms with van der Waals surface area (Å²) < 4.78 is 0. The van der Waals surface area contributed by atoms with Crippen LogP contribution in [-0.2, 0) is 10.8 Å². The molecule has 8 aromatic rings. The Morgan fingerprint density at radius 2 is 0.949 bits per heavy atom. The lowest BCUT2D eigenvalue weighted by atomic mass is 9.33. The minimum atomic E-state index is -2.82. The van der Waals surface area contributed by atoms with Crippen molar-refractivity contribution >= 4 is 86.0 Å². The van der Waals surface area contributed by atoms with E-state index in [-0.39, 0.29) is 17.5 Å². The van der Waals surface area contributed by atoms with E-state index in [1.165, 1.54) is 99.1 Å². The summed E-state index contributed by atoms with van der Waals surface area (Å²) in [6, 6.07) is 69.9. The Balaban J connectivity index is 1.23. The zero-order chi connectivity index (χ0) is 39.8. The molecule has 59 heavy (non-hydrogen) atoms. The van der Waals surface area contributed by atoms with Crippen molar-refractivity contribution in [2.45, 2.75) is 45.4 Å². The summed E-state index contributed by atoms with van der Waals surface area (Å²) in [5, 5.41) is 5.72. The lowest BCUT2D eigenvalue weighted by molar-refractivity contribution is 0.521. The number of anilines is 6. The maximum Gasteiger partial charge on any atom is 0.252 e. The van der Waals surface area contributed by atoms with Crippen molar-refractivity contribution in [1.82, 2.24) is 0 Å². The smallest absolute Gasteiger partial charge is 0.252 e. The minimum Gasteiger partial charge on any atom is -0.312 e. The topological polar surface area (TPSA) is 6.48 Å². The molecule has 8 aromatic carbocycles. The third-order valence-corrected chi connectivity index (χ3v) is 19.2. The van der Waals surface area contributed by atoms with E-state index in [0.29, 0.717) is 0 Å². The van der Waals surface area contributed by atoms with E-state index in [2.05, 4.69) is 226 Å². The first kappa shape index (κ1) is 34.7. The number of nitrogens with zero attached hydrogens (tertiary/aromatic N) is 2. The molecule has 0 spiro atoms. The van der Waals surface area contributed by atoms with Crippen molar-refractivity contribution < 1.29 is 0 Å². The van der Waals surface area contributed by atoms with E-state index in [9.17, 15) is 0 Å². The van der Waals surface area contributed by atoms with Crippen LogP contribution in [0.15, 0.2) is 182 Å². The molecule has 4 aliphatic rings. The van der Waals surface area contributed by atoms with Gasteiger partial charge in [-0.3, -0.25) is 0 Å². The fraction of sp³-hybridized carbons (Fsp3) is 0.127. The van der Waals surface area contributed by atoms with E-state index in [1.807, 2.05) is 0 Å². The molecule has 0 amide bonds. The summed E-state index contributed by atoms with van der Waals surface area (Å²) in [7, 11) is -2.82. The Morgan fingerprint density at radius 1 is 0.424 bits per heavy atom. The van der Waals surface area contributed by atoms with Gasteiger partial charge >= 0.3 is 0 Å². The molecular formula is C55H45BN2Si. The zero-order valence-electron chi connectivity index (χ0n) is 34.3. The number of rotatable bonds is 3. The zero-order valence-corrected chi connectivity index (χ0v) is 35.3. The standard InChI is InChI=1S/C55H45BN2Si/c1-36-32-48-52-49(33-36)58-46-29-17-18-30-50(46)59(38-22-11-7-12-23-38,39-24-13-8-14-25-39)51-31-19-28-44(53(51)58)56(52)45-34-42-43(35-47(45)57(48)37-20-9-6-10-21-37)55(4,5)41-27-16-15-26-40(41)54(42,2)3/h6-35H,1-5H3. The average molecular weight is 773 g/mol. The van der Waals surface area contributed by atoms with Gasteiger partial charge in [-0.05, 0) is 108 Å². The molecule has 0 N–H and O–H groups in total. The summed E-state index contributed by atoms with van der Waals surface area (Å²) in [4.78, 5) is 5.24. The van der Waals surface area contributed by atoms with Gasteiger partial charge in [0.15, 0.2) is 8.07 Å². The van der Waals surface area contributed by atoms with Gasteiger partial charge in [-0.1, -0.05) is 173 Å². The first-order valence-electron chi connectivity index (χ1n) is 21.1. The molecular weight excluding hydrogens is 728 g/mol. The molecule has 0 saturated heterocycles. The van der Waals surface area contributed by atoms with Crippen LogP contribution in [0, 0.1) is 6.92 Å². The second kappa shape index (κ2) is 12.1. The SMILES string of the molecule is Cc1cc2c3c(c1)N1c4ccccc4[Si](c4ccccc4)(c4ccccc4)c4cccc(c41)B3c1cc3c(cc1N2c1ccccc1)C(C)(C)c1ccccc1C3(C)C. The third kappa shape index (κ3) is 4.42. The van der Waals surface area contributed by atoms with Crippen molar-refractivity contribution in [1.29, 1.82) is 0 Å². The van der Waals surface area contributed by atoms with Gasteiger partial charge in [0.25, 0.3) is 6.71 Å². The van der Waals surface area contributed by atoms with Crippen molar-refractivity contribution in [3.8, 4) is 0 Å². The van der Waals surface area contributed by atoms with Crippen LogP contribution in [0.3, 0.4) is 0 Å². The highest BCUT2D eigenvalue weighted by atomic mass is 28.3. The lowest BCUT2D eigenvalue weighted by Crippen LogP contribution is -2.79. The summed E-state index contributed by atoms with van der Waals surface area (Å²) in [5.41, 5.74) is 18.4. The molecule has 3 aliphatic heterocycles. The summed E-state index contributed by atoms with van der Waals surface area (Å²) in [6.07, 6.45) is 0. The van der Waals surface area contributed by atoms with Crippen LogP contribution in [0.25, 0.3) is 0 Å². The number of benzene rings is 8. The highest BCUT2D eigenvalue weighted by Crippen LogP contribution is 2.52. The number of hydrogen-bond donors (Lipinski definition) is 0. The summed E-state index contributed by atoms with van der Waals surface area (Å²) in [6.45, 7) is 12.1. The molecule has 0 fully saturated rings. The molecule has 0 atom stereocenters. The molecule has 282 valence electrons. The average Bonchev–Trinajstić information content (AvgIpc) is 3.27. The molecule has 2 nitrogen and oxygen atoms in total. The van der Waals surface area contributed by atoms with Gasteiger partial charge in [0, 0.05) is 45.0 Å². The van der Waals surface area contributed by atoms with Gasteiger partial charge in [-0.2, -0.15) is 0 Å². The number of aryl methyl sites for hydroxylation is 1. The molecule has 4 heteroatoms. The van der Waals surface area contributed by atoms with Gasteiger partial charge in [0.2, 0.25) is 0 Å². The Morgan fingerprint density at radius 3 is 1.59 bits per heavy atom. The predicted octanol–water partition coefficient (Wildman–Crippen LogP) is 8.73. The van der Waals surface area contributed by atoms with Crippen LogP contribution in [0.5, 0.6) is 0 Å². The van der Waals surface area contributed by atoms with Gasteiger partial charge in [-0.15, -0.1) is 0 Å². The van der Waals surface area contributed by atoms with Gasteiger partial charge in [0.1, 0.15) is 0 Å². The van der Waals surface area contributed by atoms with Crippen molar-refractivity contribution in [2.75, 3.05) is 9.80 Å². The van der Waals surface area contributed by atoms with E-state index in [1.54, 1.807) is 0 Å². The van der Waals surface area contributed by atoms with Gasteiger partial charge in [0.05, 0.1) is 0 Å². The van der Waals surface area contributed by atoms with E-state index >= 15 is 0 Å². The predicted molar refractivity (Wildman–Crippen MR) is 253 cm³/mol. The third-order valence-electron chi connectivity index (χ3n) is 14.4. The molecule has 12 rings (SSSR count). The van der Waals surface area contributed by atoms with Crippen molar-refractivity contribution in [2.24, 2.45) is 0 Å². The van der Waals surface area contributed by atoms with E-state index in [0.717, 1.165) is 0 Å². The second-order valence-corrected chi connectivity index (χ2v) is 21.9. The number of hydrogen-bond acceptors (Lipinski definition) is 2. The molecule has 1 aliphatic carbocycles. The second-order valence-electron chi connectivity index (χ2n) is 18.2. The highest BCUT2D eigenvalue weighted by Gasteiger charge is 2.54. The lowest BCUT2D eigenvalue weighted by Gasteiger charge is -2.51. The summed E-state index contributed by atoms with van der Waals surface area (Å²) in [5.74, 6) is 0. The molecule has 0 radical (unpaired) electrons. The van der Waals surface area contributed by atoms with Crippen LogP contribution in [0.2, 0.25) is 0 Å². The molecule has 3 heterocycles. The van der Waals surface area contributed by atoms with Crippen molar-refractivity contribution in [3.05, 3.63) is 210 Å². The fourth-order valence-corrected chi connectivity index (χ4v) is 17.0. The van der Waals surface area contributed by atoms with Gasteiger partial charge < -0.3 is 9.80 Å². The van der Waals surface area contributed by atoms with Crippen LogP contribution in [-0.4, -0.2) is 14.8 Å². The molecule has 0 saturated carbocycles. The first-order valence-corrected chi connectivity index (χ1v) is 23.1. The molecule has 0 bridgehead atoms. The number of para-hydroxylation sites is 3. The maximum absolute atomic E-state index is 2.82. The maximum atomic E-state index is 2.66. The Labute approximate surface area is 349 Å². The van der Waals surface area contributed by atoms with Crippen LogP contribution >= 0.6 is 0 Å². The Hall–Kier alpha value is -6.36. The Bertz CT molecular complexity index is 2990. The van der Waals surface area contributed by atoms with Crippen LogP contribution < -0.4 is 46.9 Å². The molecule has 0 unspecified atom stereocenters. The fourth-order valence-electron chi connectivity index (χ4n) is 11.8. The number of fused-ring (bicyclic) bond motifs is 8. The van der Waals surface area contributed by atoms with Gasteiger partial charge in [-0.25, -0.2) is 0 Å². The Kier molecular flexibility index (Phi) is 7.11. The van der Waals surface area contributed by atoms with Crippen LogP contribution in [0.1, 0.15) is 55.5 Å². The largest absolute Gasteiger partial charge is 0.312 e. The molecule has 0 aromatic heterocycles. The van der Waals surface area contributed by atoms with E-state index < -0.39 is 8.07 Å². The monoisotopic (exact) mass is 772 g/mol. The van der Waals surface area contributed by atoms with Crippen LogP contribution in [0.4, 0.5) is 34.1 Å². The van der Waals surface area contributed by atoms with E-state index in [4.69, 9.17) is 0 Å².